The zero-order valence-corrected chi connectivity index (χ0v) is 11.6. The lowest BCUT2D eigenvalue weighted by Crippen LogP contribution is -2.20. The number of nitrogens with zero attached hydrogens (tertiary/aromatic N) is 1. The minimum atomic E-state index is 0.803. The Morgan fingerprint density at radius 2 is 1.63 bits per heavy atom. The Hall–Kier alpha value is -1.02. The molecule has 0 radical (unpaired) electrons. The molecule has 2 heteroatoms. The minimum Gasteiger partial charge on any atom is -0.371 e. The minimum absolute atomic E-state index is 0.803. The van der Waals surface area contributed by atoms with E-state index in [4.69, 9.17) is 0 Å². The second-order valence-electron chi connectivity index (χ2n) is 6.68. The zero-order chi connectivity index (χ0) is 12.7. The fourth-order valence-corrected chi connectivity index (χ4v) is 3.82. The van der Waals surface area contributed by atoms with Crippen LogP contribution in [0.2, 0.25) is 0 Å². The number of nitrogens with one attached hydrogen (secondary N) is 1. The van der Waals surface area contributed by atoms with Crippen LogP contribution in [0.15, 0.2) is 24.3 Å². The number of rotatable bonds is 4. The summed E-state index contributed by atoms with van der Waals surface area (Å²) in [7, 11) is 0. The Morgan fingerprint density at radius 1 is 0.947 bits per heavy atom. The van der Waals surface area contributed by atoms with Crippen LogP contribution in [0.3, 0.4) is 0 Å². The molecular weight excluding hydrogens is 232 g/mol. The van der Waals surface area contributed by atoms with Crippen LogP contribution in [0.4, 0.5) is 5.69 Å². The maximum absolute atomic E-state index is 3.58. The molecule has 2 nitrogen and oxygen atoms in total. The molecule has 1 aromatic carbocycles. The standard InChI is InChI=1S/C17H24N2/c1-2-14-11-19(12-15(14)3-1)17-8-4-13(5-9-17)10-18-16-6-7-16/h4-5,8-9,14-16,18H,1-3,6-7,10-12H2. The molecule has 1 aromatic rings. The molecule has 1 saturated heterocycles. The predicted molar refractivity (Wildman–Crippen MR) is 79.3 cm³/mol. The van der Waals surface area contributed by atoms with Crippen molar-refractivity contribution >= 4 is 5.69 Å². The normalized spacial score (nSPS) is 29.8. The van der Waals surface area contributed by atoms with E-state index in [0.29, 0.717) is 0 Å². The molecule has 2 atom stereocenters. The summed E-state index contributed by atoms with van der Waals surface area (Å²) >= 11 is 0. The molecule has 0 amide bonds. The van der Waals surface area contributed by atoms with E-state index < -0.39 is 0 Å². The topological polar surface area (TPSA) is 15.3 Å². The molecule has 3 fully saturated rings. The average molecular weight is 256 g/mol. The quantitative estimate of drug-likeness (QED) is 0.890. The highest BCUT2D eigenvalue weighted by molar-refractivity contribution is 5.49. The van der Waals surface area contributed by atoms with E-state index in [2.05, 4.69) is 34.5 Å². The van der Waals surface area contributed by atoms with E-state index in [0.717, 1.165) is 24.4 Å². The smallest absolute Gasteiger partial charge is 0.0366 e. The molecule has 2 aliphatic carbocycles. The molecule has 4 rings (SSSR count). The van der Waals surface area contributed by atoms with Gasteiger partial charge in [-0.15, -0.1) is 0 Å². The second-order valence-corrected chi connectivity index (χ2v) is 6.68. The van der Waals surface area contributed by atoms with Crippen LogP contribution in [0, 0.1) is 11.8 Å². The maximum atomic E-state index is 3.58. The third kappa shape index (κ3) is 2.51. The Bertz CT molecular complexity index is 423. The van der Waals surface area contributed by atoms with Crippen LogP contribution in [0.5, 0.6) is 0 Å². The van der Waals surface area contributed by atoms with E-state index in [1.54, 1.807) is 0 Å². The monoisotopic (exact) mass is 256 g/mol. The first-order valence-electron chi connectivity index (χ1n) is 7.96. The van der Waals surface area contributed by atoms with Gasteiger partial charge in [-0.3, -0.25) is 0 Å². The lowest BCUT2D eigenvalue weighted by molar-refractivity contribution is 0.494. The number of benzene rings is 1. The van der Waals surface area contributed by atoms with Crippen LogP contribution in [0.1, 0.15) is 37.7 Å². The van der Waals surface area contributed by atoms with Crippen molar-refractivity contribution in [3.05, 3.63) is 29.8 Å². The van der Waals surface area contributed by atoms with E-state index in [1.165, 1.54) is 56.4 Å². The van der Waals surface area contributed by atoms with Gasteiger partial charge in [0.2, 0.25) is 0 Å². The van der Waals surface area contributed by atoms with Crippen molar-refractivity contribution in [2.75, 3.05) is 18.0 Å². The van der Waals surface area contributed by atoms with Crippen molar-refractivity contribution in [3.8, 4) is 0 Å². The molecule has 1 N–H and O–H groups in total. The van der Waals surface area contributed by atoms with Gasteiger partial charge in [0.25, 0.3) is 0 Å². The number of hydrogen-bond acceptors (Lipinski definition) is 2. The van der Waals surface area contributed by atoms with E-state index in [1.807, 2.05) is 0 Å². The Kier molecular flexibility index (Phi) is 2.99. The first-order chi connectivity index (χ1) is 9.38. The van der Waals surface area contributed by atoms with Crippen molar-refractivity contribution in [2.24, 2.45) is 11.8 Å². The molecule has 3 aliphatic rings. The van der Waals surface area contributed by atoms with Crippen molar-refractivity contribution in [1.82, 2.24) is 5.32 Å². The fourth-order valence-electron chi connectivity index (χ4n) is 3.82. The largest absolute Gasteiger partial charge is 0.371 e. The van der Waals surface area contributed by atoms with Gasteiger partial charge in [-0.05, 0) is 55.2 Å². The molecule has 2 saturated carbocycles. The molecule has 0 bridgehead atoms. The lowest BCUT2D eigenvalue weighted by Gasteiger charge is -2.20. The summed E-state index contributed by atoms with van der Waals surface area (Å²) in [5, 5.41) is 3.58. The summed E-state index contributed by atoms with van der Waals surface area (Å²) in [6.45, 7) is 3.63. The maximum Gasteiger partial charge on any atom is 0.0366 e. The van der Waals surface area contributed by atoms with Gasteiger partial charge in [0, 0.05) is 31.4 Å². The van der Waals surface area contributed by atoms with Gasteiger partial charge >= 0.3 is 0 Å². The number of fused-ring (bicyclic) bond motifs is 1. The molecule has 2 unspecified atom stereocenters. The molecule has 1 aliphatic heterocycles. The highest BCUT2D eigenvalue weighted by Crippen LogP contribution is 2.39. The summed E-state index contributed by atoms with van der Waals surface area (Å²) in [6.07, 6.45) is 7.13. The molecule has 19 heavy (non-hydrogen) atoms. The fraction of sp³-hybridized carbons (Fsp3) is 0.647. The lowest BCUT2D eigenvalue weighted by atomic mass is 10.0. The summed E-state index contributed by atoms with van der Waals surface area (Å²) in [5.41, 5.74) is 2.86. The zero-order valence-electron chi connectivity index (χ0n) is 11.6. The summed E-state index contributed by atoms with van der Waals surface area (Å²) in [4.78, 5) is 2.60. The summed E-state index contributed by atoms with van der Waals surface area (Å²) < 4.78 is 0. The van der Waals surface area contributed by atoms with Gasteiger partial charge in [0.15, 0.2) is 0 Å². The molecule has 0 aromatic heterocycles. The highest BCUT2D eigenvalue weighted by atomic mass is 15.2. The highest BCUT2D eigenvalue weighted by Gasteiger charge is 2.35. The predicted octanol–water partition coefficient (Wildman–Crippen LogP) is 3.17. The van der Waals surface area contributed by atoms with Gasteiger partial charge in [-0.1, -0.05) is 18.6 Å². The van der Waals surface area contributed by atoms with Crippen LogP contribution >= 0.6 is 0 Å². The molecule has 1 heterocycles. The van der Waals surface area contributed by atoms with E-state index in [-0.39, 0.29) is 0 Å². The Balaban J connectivity index is 1.38. The van der Waals surface area contributed by atoms with Crippen LogP contribution < -0.4 is 10.2 Å². The molecular formula is C17H24N2. The molecule has 0 spiro atoms. The van der Waals surface area contributed by atoms with Gasteiger partial charge in [-0.2, -0.15) is 0 Å². The molecule has 102 valence electrons. The average Bonchev–Trinajstić information content (AvgIpc) is 3.01. The van der Waals surface area contributed by atoms with E-state index in [9.17, 15) is 0 Å². The second kappa shape index (κ2) is 4.82. The van der Waals surface area contributed by atoms with Gasteiger partial charge < -0.3 is 10.2 Å². The van der Waals surface area contributed by atoms with Crippen molar-refractivity contribution in [1.29, 1.82) is 0 Å². The number of hydrogen-bond donors (Lipinski definition) is 1. The summed E-state index contributed by atoms with van der Waals surface area (Å²) in [5.74, 6) is 1.97. The van der Waals surface area contributed by atoms with Crippen LogP contribution in [-0.4, -0.2) is 19.1 Å². The van der Waals surface area contributed by atoms with Crippen LogP contribution in [0.25, 0.3) is 0 Å². The summed E-state index contributed by atoms with van der Waals surface area (Å²) in [6, 6.07) is 10.1. The third-order valence-electron chi connectivity index (χ3n) is 5.20. The van der Waals surface area contributed by atoms with Crippen molar-refractivity contribution in [2.45, 2.75) is 44.7 Å². The Labute approximate surface area is 116 Å². The van der Waals surface area contributed by atoms with Gasteiger partial charge in [0.05, 0.1) is 0 Å². The Morgan fingerprint density at radius 3 is 2.26 bits per heavy atom. The first kappa shape index (κ1) is 11.8. The number of anilines is 1. The van der Waals surface area contributed by atoms with Crippen molar-refractivity contribution < 1.29 is 0 Å². The van der Waals surface area contributed by atoms with Crippen LogP contribution in [-0.2, 0) is 6.54 Å². The van der Waals surface area contributed by atoms with E-state index >= 15 is 0 Å². The first-order valence-corrected chi connectivity index (χ1v) is 7.96. The van der Waals surface area contributed by atoms with Crippen molar-refractivity contribution in [3.63, 3.8) is 0 Å². The van der Waals surface area contributed by atoms with Gasteiger partial charge in [0.1, 0.15) is 0 Å². The SMILES string of the molecule is c1cc(N2CC3CCCC3C2)ccc1CNC1CC1. The third-order valence-corrected chi connectivity index (χ3v) is 5.20. The van der Waals surface area contributed by atoms with Gasteiger partial charge in [-0.25, -0.2) is 0 Å².